The van der Waals surface area contributed by atoms with Gasteiger partial charge >= 0.3 is 11.7 Å². The van der Waals surface area contributed by atoms with Crippen LogP contribution in [0.4, 0.5) is 5.82 Å². The second kappa shape index (κ2) is 4.48. The third-order valence-electron chi connectivity index (χ3n) is 2.02. The number of nitrogens with zero attached hydrogens (tertiary/aromatic N) is 1. The maximum atomic E-state index is 11.7. The van der Waals surface area contributed by atoms with Crippen molar-refractivity contribution in [2.75, 3.05) is 5.73 Å². The van der Waals surface area contributed by atoms with Crippen LogP contribution in [-0.4, -0.2) is 15.9 Å². The normalized spacial score (nSPS) is 9.88. The molecule has 0 unspecified atom stereocenters. The molecule has 0 radical (unpaired) electrons. The third kappa shape index (κ3) is 2.49. The number of aromatic amines is 1. The van der Waals surface area contributed by atoms with Gasteiger partial charge in [-0.3, -0.25) is 4.98 Å². The van der Waals surface area contributed by atoms with Crippen LogP contribution in [0.2, 0.25) is 0 Å². The van der Waals surface area contributed by atoms with Gasteiger partial charge in [0.25, 0.3) is 0 Å². The fraction of sp³-hybridized carbons (Fsp3) is 0. The molecule has 17 heavy (non-hydrogen) atoms. The van der Waals surface area contributed by atoms with E-state index in [9.17, 15) is 9.59 Å². The van der Waals surface area contributed by atoms with Gasteiger partial charge in [-0.15, -0.1) is 0 Å². The molecule has 6 nitrogen and oxygen atoms in total. The van der Waals surface area contributed by atoms with Crippen molar-refractivity contribution in [1.82, 2.24) is 9.97 Å². The molecule has 2 aromatic rings. The van der Waals surface area contributed by atoms with Gasteiger partial charge < -0.3 is 10.5 Å². The number of rotatable bonds is 2. The Kier molecular flexibility index (Phi) is 2.87. The van der Waals surface area contributed by atoms with E-state index in [4.69, 9.17) is 10.5 Å². The average Bonchev–Trinajstić information content (AvgIpc) is 2.30. The molecule has 0 aliphatic carbocycles. The molecule has 0 bridgehead atoms. The predicted molar refractivity (Wildman–Crippen MR) is 60.7 cm³/mol. The summed E-state index contributed by atoms with van der Waals surface area (Å²) in [5, 5.41) is 0. The van der Waals surface area contributed by atoms with Gasteiger partial charge in [0.2, 0.25) is 0 Å². The first-order chi connectivity index (χ1) is 8.16. The highest BCUT2D eigenvalue weighted by atomic mass is 16.5. The first kappa shape index (κ1) is 10.9. The predicted octanol–water partition coefficient (Wildman–Crippen LogP) is 0.571. The Labute approximate surface area is 96.1 Å². The van der Waals surface area contributed by atoms with E-state index >= 15 is 0 Å². The Morgan fingerprint density at radius 2 is 2.00 bits per heavy atom. The number of H-pyrrole nitrogens is 1. The molecule has 6 heteroatoms. The van der Waals surface area contributed by atoms with Crippen molar-refractivity contribution < 1.29 is 9.53 Å². The van der Waals surface area contributed by atoms with Crippen LogP contribution in [0, 0.1) is 0 Å². The third-order valence-corrected chi connectivity index (χ3v) is 2.02. The molecule has 3 N–H and O–H groups in total. The van der Waals surface area contributed by atoms with E-state index in [0.717, 1.165) is 6.20 Å². The van der Waals surface area contributed by atoms with Gasteiger partial charge in [0, 0.05) is 0 Å². The molecule has 0 amide bonds. The molecule has 0 atom stereocenters. The highest BCUT2D eigenvalue weighted by Gasteiger charge is 2.13. The number of para-hydroxylation sites is 1. The van der Waals surface area contributed by atoms with Gasteiger partial charge in [0.05, 0.1) is 6.20 Å². The molecule has 0 spiro atoms. The van der Waals surface area contributed by atoms with Crippen LogP contribution in [0.25, 0.3) is 0 Å². The quantitative estimate of drug-likeness (QED) is 0.581. The number of carbonyl (C=O) groups excluding carboxylic acids is 1. The number of hydrogen-bond donors (Lipinski definition) is 2. The highest BCUT2D eigenvalue weighted by molar-refractivity contribution is 5.94. The summed E-state index contributed by atoms with van der Waals surface area (Å²) >= 11 is 0. The fourth-order valence-electron chi connectivity index (χ4n) is 1.22. The van der Waals surface area contributed by atoms with Gasteiger partial charge in [0.15, 0.2) is 0 Å². The monoisotopic (exact) mass is 231 g/mol. The molecule has 1 aromatic heterocycles. The number of anilines is 1. The number of carbonyl (C=O) groups is 1. The average molecular weight is 231 g/mol. The van der Waals surface area contributed by atoms with E-state index in [1.807, 2.05) is 0 Å². The number of esters is 1. The topological polar surface area (TPSA) is 98.1 Å². The van der Waals surface area contributed by atoms with E-state index in [-0.39, 0.29) is 11.4 Å². The van der Waals surface area contributed by atoms with Gasteiger partial charge in [-0.25, -0.2) is 14.6 Å². The molecule has 0 aliphatic heterocycles. The van der Waals surface area contributed by atoms with Crippen LogP contribution >= 0.6 is 0 Å². The molecular formula is C11H9N3O3. The lowest BCUT2D eigenvalue weighted by Gasteiger charge is -2.04. The summed E-state index contributed by atoms with van der Waals surface area (Å²) in [5.74, 6) is -0.341. The van der Waals surface area contributed by atoms with Crippen molar-refractivity contribution in [3.8, 4) is 5.75 Å². The zero-order valence-corrected chi connectivity index (χ0v) is 8.71. The zero-order valence-electron chi connectivity index (χ0n) is 8.71. The van der Waals surface area contributed by atoms with Crippen LogP contribution in [0.15, 0.2) is 41.3 Å². The number of nitrogens with two attached hydrogens (primary N) is 1. The lowest BCUT2D eigenvalue weighted by atomic mass is 10.3. The summed E-state index contributed by atoms with van der Waals surface area (Å²) in [6.45, 7) is 0. The number of ether oxygens (including phenoxy) is 1. The standard InChI is InChI=1S/C11H9N3O3/c12-9-8(6-13-11(16)14-9)10(15)17-7-4-2-1-3-5-7/h1-6H,(H3,12,13,14,16). The fourth-order valence-corrected chi connectivity index (χ4v) is 1.22. The largest absolute Gasteiger partial charge is 0.423 e. The molecule has 1 heterocycles. The second-order valence-electron chi connectivity index (χ2n) is 3.22. The van der Waals surface area contributed by atoms with Crippen LogP contribution in [0.5, 0.6) is 5.75 Å². The Bertz CT molecular complexity index is 592. The molecule has 2 rings (SSSR count). The van der Waals surface area contributed by atoms with Gasteiger partial charge in [0.1, 0.15) is 17.1 Å². The number of aromatic nitrogens is 2. The van der Waals surface area contributed by atoms with E-state index in [1.54, 1.807) is 30.3 Å². The molecule has 0 aliphatic rings. The molecule has 86 valence electrons. The van der Waals surface area contributed by atoms with E-state index < -0.39 is 11.7 Å². The lowest BCUT2D eigenvalue weighted by molar-refractivity contribution is 0.0735. The second-order valence-corrected chi connectivity index (χ2v) is 3.22. The van der Waals surface area contributed by atoms with Crippen LogP contribution in [0.1, 0.15) is 10.4 Å². The molecule has 0 fully saturated rings. The number of benzene rings is 1. The van der Waals surface area contributed by atoms with Crippen molar-refractivity contribution in [2.24, 2.45) is 0 Å². The number of nitrogens with one attached hydrogen (secondary N) is 1. The smallest absolute Gasteiger partial charge is 0.348 e. The summed E-state index contributed by atoms with van der Waals surface area (Å²) in [6.07, 6.45) is 1.08. The summed E-state index contributed by atoms with van der Waals surface area (Å²) in [5.41, 5.74) is 4.89. The van der Waals surface area contributed by atoms with Gasteiger partial charge in [-0.1, -0.05) is 18.2 Å². The first-order valence-electron chi connectivity index (χ1n) is 4.79. The summed E-state index contributed by atoms with van der Waals surface area (Å²) in [6, 6.07) is 8.53. The maximum absolute atomic E-state index is 11.7. The van der Waals surface area contributed by atoms with Gasteiger partial charge in [-0.05, 0) is 12.1 Å². The minimum absolute atomic E-state index is 0.0217. The molecule has 0 saturated heterocycles. The first-order valence-corrected chi connectivity index (χ1v) is 4.79. The molecular weight excluding hydrogens is 222 g/mol. The van der Waals surface area contributed by atoms with E-state index in [0.29, 0.717) is 5.75 Å². The number of hydrogen-bond acceptors (Lipinski definition) is 5. The Morgan fingerprint density at radius 1 is 1.29 bits per heavy atom. The van der Waals surface area contributed by atoms with E-state index in [2.05, 4.69) is 9.97 Å². The summed E-state index contributed by atoms with van der Waals surface area (Å²) in [4.78, 5) is 28.1. The van der Waals surface area contributed by atoms with Crippen molar-refractivity contribution in [3.05, 3.63) is 52.6 Å². The highest BCUT2D eigenvalue weighted by Crippen LogP contribution is 2.12. The van der Waals surface area contributed by atoms with Crippen molar-refractivity contribution in [3.63, 3.8) is 0 Å². The maximum Gasteiger partial charge on any atom is 0.348 e. The minimum atomic E-state index is -0.669. The SMILES string of the molecule is Nc1[nH]c(=O)ncc1C(=O)Oc1ccccc1. The molecule has 0 saturated carbocycles. The zero-order chi connectivity index (χ0) is 12.3. The summed E-state index contributed by atoms with van der Waals surface area (Å²) < 4.78 is 5.04. The van der Waals surface area contributed by atoms with Gasteiger partial charge in [-0.2, -0.15) is 0 Å². The van der Waals surface area contributed by atoms with Crippen LogP contribution < -0.4 is 16.2 Å². The lowest BCUT2D eigenvalue weighted by Crippen LogP contribution is -2.19. The molecule has 1 aromatic carbocycles. The Balaban J connectivity index is 2.24. The Hall–Kier alpha value is -2.63. The van der Waals surface area contributed by atoms with Crippen molar-refractivity contribution in [1.29, 1.82) is 0 Å². The van der Waals surface area contributed by atoms with Crippen molar-refractivity contribution >= 4 is 11.8 Å². The summed E-state index contributed by atoms with van der Waals surface area (Å²) in [7, 11) is 0. The minimum Gasteiger partial charge on any atom is -0.423 e. The van der Waals surface area contributed by atoms with Crippen LogP contribution in [0.3, 0.4) is 0 Å². The van der Waals surface area contributed by atoms with Crippen molar-refractivity contribution in [2.45, 2.75) is 0 Å². The Morgan fingerprint density at radius 3 is 2.65 bits per heavy atom. The van der Waals surface area contributed by atoms with Crippen LogP contribution in [-0.2, 0) is 0 Å². The number of nitrogen functional groups attached to an aromatic ring is 1. The van der Waals surface area contributed by atoms with E-state index in [1.165, 1.54) is 0 Å².